The first-order chi connectivity index (χ1) is 12.0. The molecule has 2 aromatic carbocycles. The molecule has 2 aromatic rings. The molecule has 0 aliphatic heterocycles. The number of carbonyl (C=O) groups excluding carboxylic acids is 1. The second-order valence-electron chi connectivity index (χ2n) is 6.13. The standard InChI is InChI=1S/C20H25NO4/c1-14(2)13-24-17-11-9-16(10-12-17)21-20(22)15(3)25-19-8-6-5-7-18(19)23-4/h5-12,14-15H,13H2,1-4H3,(H,21,22). The Kier molecular flexibility index (Phi) is 6.69. The molecule has 0 saturated heterocycles. The van der Waals surface area contributed by atoms with Crippen LogP contribution < -0.4 is 19.5 Å². The van der Waals surface area contributed by atoms with Crippen molar-refractivity contribution in [1.82, 2.24) is 0 Å². The van der Waals surface area contributed by atoms with E-state index in [0.717, 1.165) is 5.75 Å². The van der Waals surface area contributed by atoms with E-state index >= 15 is 0 Å². The van der Waals surface area contributed by atoms with Gasteiger partial charge < -0.3 is 19.5 Å². The lowest BCUT2D eigenvalue weighted by atomic mass is 10.2. The Bertz CT molecular complexity index is 682. The van der Waals surface area contributed by atoms with Crippen LogP contribution in [-0.4, -0.2) is 25.7 Å². The SMILES string of the molecule is COc1ccccc1OC(C)C(=O)Nc1ccc(OCC(C)C)cc1. The molecule has 1 unspecified atom stereocenters. The maximum absolute atomic E-state index is 12.3. The Morgan fingerprint density at radius 1 is 1.00 bits per heavy atom. The third kappa shape index (κ3) is 5.71. The number of carbonyl (C=O) groups is 1. The zero-order valence-corrected chi connectivity index (χ0v) is 15.1. The molecule has 134 valence electrons. The van der Waals surface area contributed by atoms with Gasteiger partial charge in [-0.1, -0.05) is 26.0 Å². The topological polar surface area (TPSA) is 56.8 Å². The minimum Gasteiger partial charge on any atom is -0.493 e. The number of benzene rings is 2. The number of hydrogen-bond acceptors (Lipinski definition) is 4. The summed E-state index contributed by atoms with van der Waals surface area (Å²) in [5.41, 5.74) is 0.692. The Morgan fingerprint density at radius 2 is 1.64 bits per heavy atom. The maximum atomic E-state index is 12.3. The summed E-state index contributed by atoms with van der Waals surface area (Å²) >= 11 is 0. The van der Waals surface area contributed by atoms with E-state index in [1.165, 1.54) is 0 Å². The summed E-state index contributed by atoms with van der Waals surface area (Å²) in [5, 5.41) is 2.83. The summed E-state index contributed by atoms with van der Waals surface area (Å²) in [4.78, 5) is 12.3. The zero-order chi connectivity index (χ0) is 18.2. The van der Waals surface area contributed by atoms with Crippen molar-refractivity contribution in [3.05, 3.63) is 48.5 Å². The van der Waals surface area contributed by atoms with Gasteiger partial charge in [-0.25, -0.2) is 0 Å². The fraction of sp³-hybridized carbons (Fsp3) is 0.350. The first-order valence-electron chi connectivity index (χ1n) is 8.33. The van der Waals surface area contributed by atoms with E-state index in [0.29, 0.717) is 29.7 Å². The van der Waals surface area contributed by atoms with Gasteiger partial charge in [0.2, 0.25) is 0 Å². The first-order valence-corrected chi connectivity index (χ1v) is 8.33. The highest BCUT2D eigenvalue weighted by atomic mass is 16.5. The minimum absolute atomic E-state index is 0.234. The molecule has 1 atom stereocenters. The summed E-state index contributed by atoms with van der Waals surface area (Å²) < 4.78 is 16.6. The molecule has 25 heavy (non-hydrogen) atoms. The van der Waals surface area contributed by atoms with Gasteiger partial charge in [-0.3, -0.25) is 4.79 Å². The lowest BCUT2D eigenvalue weighted by Gasteiger charge is -2.16. The monoisotopic (exact) mass is 343 g/mol. The molecule has 5 nitrogen and oxygen atoms in total. The predicted molar refractivity (Wildman–Crippen MR) is 98.5 cm³/mol. The Hall–Kier alpha value is -2.69. The van der Waals surface area contributed by atoms with Crippen LogP contribution in [-0.2, 0) is 4.79 Å². The summed E-state index contributed by atoms with van der Waals surface area (Å²) in [6, 6.07) is 14.5. The number of ether oxygens (including phenoxy) is 3. The third-order valence-electron chi connectivity index (χ3n) is 3.45. The van der Waals surface area contributed by atoms with Crippen LogP contribution in [0.1, 0.15) is 20.8 Å². The average Bonchev–Trinajstić information content (AvgIpc) is 2.61. The minimum atomic E-state index is -0.659. The van der Waals surface area contributed by atoms with Crippen LogP contribution in [0.15, 0.2) is 48.5 Å². The number of nitrogens with one attached hydrogen (secondary N) is 1. The zero-order valence-electron chi connectivity index (χ0n) is 15.1. The third-order valence-corrected chi connectivity index (χ3v) is 3.45. The molecule has 0 aromatic heterocycles. The number of rotatable bonds is 8. The van der Waals surface area contributed by atoms with Gasteiger partial charge in [0.1, 0.15) is 5.75 Å². The molecule has 0 spiro atoms. The van der Waals surface area contributed by atoms with E-state index in [1.807, 2.05) is 36.4 Å². The normalized spacial score (nSPS) is 11.7. The molecule has 2 rings (SSSR count). The lowest BCUT2D eigenvalue weighted by molar-refractivity contribution is -0.122. The van der Waals surface area contributed by atoms with Crippen LogP contribution in [0.4, 0.5) is 5.69 Å². The van der Waals surface area contributed by atoms with Gasteiger partial charge in [-0.15, -0.1) is 0 Å². The molecule has 0 aliphatic rings. The van der Waals surface area contributed by atoms with Crippen molar-refractivity contribution in [2.45, 2.75) is 26.9 Å². The lowest BCUT2D eigenvalue weighted by Crippen LogP contribution is -2.30. The van der Waals surface area contributed by atoms with Crippen molar-refractivity contribution in [1.29, 1.82) is 0 Å². The number of amides is 1. The van der Waals surface area contributed by atoms with Gasteiger partial charge in [0, 0.05) is 5.69 Å². The summed E-state index contributed by atoms with van der Waals surface area (Å²) in [7, 11) is 1.57. The smallest absolute Gasteiger partial charge is 0.265 e. The van der Waals surface area contributed by atoms with Gasteiger partial charge >= 0.3 is 0 Å². The quantitative estimate of drug-likeness (QED) is 0.783. The van der Waals surface area contributed by atoms with Crippen molar-refractivity contribution in [2.75, 3.05) is 19.0 Å². The Labute approximate surface area is 148 Å². The van der Waals surface area contributed by atoms with Crippen molar-refractivity contribution >= 4 is 11.6 Å². The van der Waals surface area contributed by atoms with Crippen molar-refractivity contribution in [3.63, 3.8) is 0 Å². The van der Waals surface area contributed by atoms with E-state index < -0.39 is 6.10 Å². The number of anilines is 1. The van der Waals surface area contributed by atoms with E-state index in [2.05, 4.69) is 19.2 Å². The van der Waals surface area contributed by atoms with Crippen LogP contribution in [0.25, 0.3) is 0 Å². The number of hydrogen-bond donors (Lipinski definition) is 1. The number of methoxy groups -OCH3 is 1. The molecule has 0 saturated carbocycles. The van der Waals surface area contributed by atoms with Crippen LogP contribution in [0.5, 0.6) is 17.2 Å². The molecule has 5 heteroatoms. The van der Waals surface area contributed by atoms with E-state index in [-0.39, 0.29) is 5.91 Å². The molecule has 1 N–H and O–H groups in total. The molecule has 0 fully saturated rings. The Balaban J connectivity index is 1.92. The largest absolute Gasteiger partial charge is 0.493 e. The molecule has 0 radical (unpaired) electrons. The molecule has 0 aliphatic carbocycles. The molecule has 1 amide bonds. The van der Waals surface area contributed by atoms with Crippen molar-refractivity contribution in [3.8, 4) is 17.2 Å². The van der Waals surface area contributed by atoms with Gasteiger partial charge in [-0.05, 0) is 49.2 Å². The van der Waals surface area contributed by atoms with Crippen molar-refractivity contribution in [2.24, 2.45) is 5.92 Å². The highest BCUT2D eigenvalue weighted by Crippen LogP contribution is 2.27. The van der Waals surface area contributed by atoms with Gasteiger partial charge in [-0.2, -0.15) is 0 Å². The van der Waals surface area contributed by atoms with Crippen LogP contribution in [0, 0.1) is 5.92 Å². The van der Waals surface area contributed by atoms with E-state index in [1.54, 1.807) is 26.2 Å². The fourth-order valence-electron chi connectivity index (χ4n) is 2.10. The second kappa shape index (κ2) is 8.97. The first kappa shape index (κ1) is 18.6. The fourth-order valence-corrected chi connectivity index (χ4v) is 2.10. The summed E-state index contributed by atoms with van der Waals surface area (Å²) in [6.45, 7) is 6.55. The summed E-state index contributed by atoms with van der Waals surface area (Å²) in [6.07, 6.45) is -0.659. The van der Waals surface area contributed by atoms with Crippen molar-refractivity contribution < 1.29 is 19.0 Å². The second-order valence-corrected chi connectivity index (χ2v) is 6.13. The molecule has 0 bridgehead atoms. The van der Waals surface area contributed by atoms with E-state index in [4.69, 9.17) is 14.2 Å². The predicted octanol–water partition coefficient (Wildman–Crippen LogP) is 4.14. The van der Waals surface area contributed by atoms with Gasteiger partial charge in [0.25, 0.3) is 5.91 Å². The molecule has 0 heterocycles. The molecular weight excluding hydrogens is 318 g/mol. The summed E-state index contributed by atoms with van der Waals surface area (Å²) in [5.74, 6) is 2.14. The Morgan fingerprint density at radius 3 is 2.24 bits per heavy atom. The van der Waals surface area contributed by atoms with Crippen LogP contribution >= 0.6 is 0 Å². The van der Waals surface area contributed by atoms with Gasteiger partial charge in [0.05, 0.1) is 13.7 Å². The van der Waals surface area contributed by atoms with Gasteiger partial charge in [0.15, 0.2) is 17.6 Å². The highest BCUT2D eigenvalue weighted by Gasteiger charge is 2.16. The maximum Gasteiger partial charge on any atom is 0.265 e. The van der Waals surface area contributed by atoms with E-state index in [9.17, 15) is 4.79 Å². The number of para-hydroxylation sites is 2. The average molecular weight is 343 g/mol. The molecular formula is C20H25NO4. The van der Waals surface area contributed by atoms with Crippen LogP contribution in [0.3, 0.4) is 0 Å². The van der Waals surface area contributed by atoms with Crippen LogP contribution in [0.2, 0.25) is 0 Å². The highest BCUT2D eigenvalue weighted by molar-refractivity contribution is 5.94.